The highest BCUT2D eigenvalue weighted by molar-refractivity contribution is 6.13. The van der Waals surface area contributed by atoms with E-state index in [1.54, 1.807) is 31.5 Å². The number of hydrogen-bond acceptors (Lipinski definition) is 5. The van der Waals surface area contributed by atoms with Gasteiger partial charge in [-0.1, -0.05) is 36.4 Å². The number of nitro benzene ring substituents is 1. The summed E-state index contributed by atoms with van der Waals surface area (Å²) in [5.74, 6) is -0.527. The van der Waals surface area contributed by atoms with Crippen molar-refractivity contribution in [1.29, 1.82) is 0 Å². The summed E-state index contributed by atoms with van der Waals surface area (Å²) in [4.78, 5) is 27.0. The Kier molecular flexibility index (Phi) is 5.32. The van der Waals surface area contributed by atoms with Crippen LogP contribution in [-0.2, 0) is 0 Å². The Morgan fingerprint density at radius 2 is 1.67 bits per heavy atom. The minimum atomic E-state index is -0.527. The maximum absolute atomic E-state index is 12.4. The third kappa shape index (κ3) is 4.21. The fourth-order valence-electron chi connectivity index (χ4n) is 2.52. The van der Waals surface area contributed by atoms with Gasteiger partial charge in [-0.05, 0) is 25.1 Å². The lowest BCUT2D eigenvalue weighted by molar-refractivity contribution is -0.385. The SMILES string of the molecule is Cc1ccc(C(=O)N/N=C(/c2ccccc2)c2ccncc2)cc1[N+](=O)[O-]. The lowest BCUT2D eigenvalue weighted by atomic mass is 10.0. The summed E-state index contributed by atoms with van der Waals surface area (Å²) in [5, 5.41) is 15.3. The predicted octanol–water partition coefficient (Wildman–Crippen LogP) is 3.48. The van der Waals surface area contributed by atoms with Crippen molar-refractivity contribution in [1.82, 2.24) is 10.4 Å². The number of aryl methyl sites for hydroxylation is 1. The molecule has 0 atom stereocenters. The molecule has 27 heavy (non-hydrogen) atoms. The van der Waals surface area contributed by atoms with E-state index in [1.807, 2.05) is 30.3 Å². The fourth-order valence-corrected chi connectivity index (χ4v) is 2.52. The van der Waals surface area contributed by atoms with Crippen LogP contribution in [0.5, 0.6) is 0 Å². The number of carbonyl (C=O) groups excluding carboxylic acids is 1. The summed E-state index contributed by atoms with van der Waals surface area (Å²) in [5.41, 5.74) is 5.20. The zero-order valence-electron chi connectivity index (χ0n) is 14.5. The summed E-state index contributed by atoms with van der Waals surface area (Å²) >= 11 is 0. The molecule has 1 heterocycles. The van der Waals surface area contributed by atoms with E-state index in [1.165, 1.54) is 18.2 Å². The molecule has 0 aliphatic heterocycles. The van der Waals surface area contributed by atoms with Crippen LogP contribution in [0.25, 0.3) is 0 Å². The van der Waals surface area contributed by atoms with Gasteiger partial charge in [0.15, 0.2) is 0 Å². The molecule has 0 spiro atoms. The van der Waals surface area contributed by atoms with Crippen LogP contribution < -0.4 is 5.43 Å². The van der Waals surface area contributed by atoms with Crippen molar-refractivity contribution in [3.8, 4) is 0 Å². The van der Waals surface area contributed by atoms with Gasteiger partial charge in [0.1, 0.15) is 0 Å². The summed E-state index contributed by atoms with van der Waals surface area (Å²) < 4.78 is 0. The number of carbonyl (C=O) groups is 1. The number of hydrazone groups is 1. The second-order valence-electron chi connectivity index (χ2n) is 5.76. The van der Waals surface area contributed by atoms with Crippen LogP contribution in [0.2, 0.25) is 0 Å². The van der Waals surface area contributed by atoms with Gasteiger partial charge in [0.25, 0.3) is 11.6 Å². The first-order valence-corrected chi connectivity index (χ1v) is 8.15. The minimum Gasteiger partial charge on any atom is -0.267 e. The molecule has 1 N–H and O–H groups in total. The molecular weight excluding hydrogens is 344 g/mol. The highest BCUT2D eigenvalue weighted by Crippen LogP contribution is 2.19. The molecule has 1 aromatic heterocycles. The normalized spacial score (nSPS) is 11.1. The molecule has 0 unspecified atom stereocenters. The number of nitrogens with one attached hydrogen (secondary N) is 1. The Morgan fingerprint density at radius 3 is 2.33 bits per heavy atom. The van der Waals surface area contributed by atoms with Crippen LogP contribution >= 0.6 is 0 Å². The quantitative estimate of drug-likeness (QED) is 0.428. The average Bonchev–Trinajstić information content (AvgIpc) is 2.70. The van der Waals surface area contributed by atoms with Gasteiger partial charge in [-0.25, -0.2) is 5.43 Å². The number of benzene rings is 2. The smallest absolute Gasteiger partial charge is 0.267 e. The van der Waals surface area contributed by atoms with E-state index in [2.05, 4.69) is 15.5 Å². The first-order valence-electron chi connectivity index (χ1n) is 8.15. The van der Waals surface area contributed by atoms with Gasteiger partial charge in [-0.2, -0.15) is 5.10 Å². The molecule has 3 rings (SSSR count). The van der Waals surface area contributed by atoms with Crippen LogP contribution in [0.15, 0.2) is 78.2 Å². The lowest BCUT2D eigenvalue weighted by Gasteiger charge is -2.08. The summed E-state index contributed by atoms with van der Waals surface area (Å²) in [6, 6.07) is 17.3. The Labute approximate surface area is 155 Å². The summed E-state index contributed by atoms with van der Waals surface area (Å²) in [6.45, 7) is 1.62. The molecule has 0 aliphatic rings. The molecule has 0 fully saturated rings. The van der Waals surface area contributed by atoms with Crippen molar-refractivity contribution >= 4 is 17.3 Å². The Balaban J connectivity index is 1.92. The third-order valence-electron chi connectivity index (χ3n) is 3.94. The third-order valence-corrected chi connectivity index (χ3v) is 3.94. The maximum atomic E-state index is 12.4. The Bertz CT molecular complexity index is 961. The first-order chi connectivity index (χ1) is 13.1. The Morgan fingerprint density at radius 1 is 1.00 bits per heavy atom. The molecular formula is C20H16N4O3. The summed E-state index contributed by atoms with van der Waals surface area (Å²) in [6.07, 6.45) is 3.28. The lowest BCUT2D eigenvalue weighted by Crippen LogP contribution is -2.21. The van der Waals surface area contributed by atoms with Crippen LogP contribution in [0.1, 0.15) is 27.0 Å². The first kappa shape index (κ1) is 17.9. The van der Waals surface area contributed by atoms with E-state index in [0.29, 0.717) is 11.3 Å². The highest BCUT2D eigenvalue weighted by Gasteiger charge is 2.15. The van der Waals surface area contributed by atoms with E-state index in [-0.39, 0.29) is 11.3 Å². The molecule has 1 amide bonds. The molecule has 134 valence electrons. The van der Waals surface area contributed by atoms with Crippen molar-refractivity contribution in [2.75, 3.05) is 0 Å². The second-order valence-corrected chi connectivity index (χ2v) is 5.76. The van der Waals surface area contributed by atoms with Crippen molar-refractivity contribution in [2.45, 2.75) is 6.92 Å². The molecule has 7 heteroatoms. The van der Waals surface area contributed by atoms with E-state index >= 15 is 0 Å². The van der Waals surface area contributed by atoms with Crippen molar-refractivity contribution in [2.24, 2.45) is 5.10 Å². The standard InChI is InChI=1S/C20H16N4O3/c1-14-7-8-17(13-18(14)24(26)27)20(25)23-22-19(15-5-3-2-4-6-15)16-9-11-21-12-10-16/h2-13H,1H3,(H,23,25)/b22-19-. The van der Waals surface area contributed by atoms with E-state index in [0.717, 1.165) is 11.1 Å². The largest absolute Gasteiger partial charge is 0.273 e. The molecule has 0 saturated heterocycles. The summed E-state index contributed by atoms with van der Waals surface area (Å²) in [7, 11) is 0. The molecule has 0 radical (unpaired) electrons. The topological polar surface area (TPSA) is 97.5 Å². The number of rotatable bonds is 5. The zero-order valence-corrected chi connectivity index (χ0v) is 14.5. The van der Waals surface area contributed by atoms with Gasteiger partial charge < -0.3 is 0 Å². The van der Waals surface area contributed by atoms with Crippen molar-refractivity contribution in [3.05, 3.63) is 105 Å². The molecule has 2 aromatic carbocycles. The van der Waals surface area contributed by atoms with E-state index in [4.69, 9.17) is 0 Å². The second kappa shape index (κ2) is 8.01. The van der Waals surface area contributed by atoms with E-state index < -0.39 is 10.8 Å². The van der Waals surface area contributed by atoms with Crippen molar-refractivity contribution in [3.63, 3.8) is 0 Å². The minimum absolute atomic E-state index is 0.107. The fraction of sp³-hybridized carbons (Fsp3) is 0.0500. The number of aromatic nitrogens is 1. The highest BCUT2D eigenvalue weighted by atomic mass is 16.6. The molecule has 3 aromatic rings. The van der Waals surface area contributed by atoms with Crippen LogP contribution in [-0.4, -0.2) is 21.5 Å². The predicted molar refractivity (Wildman–Crippen MR) is 102 cm³/mol. The van der Waals surface area contributed by atoms with Gasteiger partial charge in [0.2, 0.25) is 0 Å². The zero-order chi connectivity index (χ0) is 19.2. The van der Waals surface area contributed by atoms with Gasteiger partial charge in [-0.15, -0.1) is 0 Å². The number of pyridine rings is 1. The number of nitrogens with zero attached hydrogens (tertiary/aromatic N) is 3. The van der Waals surface area contributed by atoms with Crippen molar-refractivity contribution < 1.29 is 9.72 Å². The number of hydrogen-bond donors (Lipinski definition) is 1. The number of nitro groups is 1. The maximum Gasteiger partial charge on any atom is 0.273 e. The van der Waals surface area contributed by atoms with Gasteiger partial charge >= 0.3 is 0 Å². The van der Waals surface area contributed by atoms with Crippen LogP contribution in [0, 0.1) is 17.0 Å². The molecule has 0 aliphatic carbocycles. The Hall–Kier alpha value is -3.87. The molecule has 0 bridgehead atoms. The van der Waals surface area contributed by atoms with Gasteiger partial charge in [0, 0.05) is 40.7 Å². The van der Waals surface area contributed by atoms with Gasteiger partial charge in [-0.3, -0.25) is 19.9 Å². The monoisotopic (exact) mass is 360 g/mol. The van der Waals surface area contributed by atoms with Crippen LogP contribution in [0.3, 0.4) is 0 Å². The molecule has 7 nitrogen and oxygen atoms in total. The van der Waals surface area contributed by atoms with Gasteiger partial charge in [0.05, 0.1) is 10.6 Å². The molecule has 0 saturated carbocycles. The average molecular weight is 360 g/mol. The van der Waals surface area contributed by atoms with Crippen LogP contribution in [0.4, 0.5) is 5.69 Å². The number of amides is 1. The van der Waals surface area contributed by atoms with E-state index in [9.17, 15) is 14.9 Å².